The van der Waals surface area contributed by atoms with Crippen LogP contribution in [0.4, 0.5) is 9.59 Å². The van der Waals surface area contributed by atoms with Crippen molar-refractivity contribution in [2.24, 2.45) is 57.2 Å². The number of nitrogens with one attached hydrogen (secondary N) is 1. The van der Waals surface area contributed by atoms with Crippen LogP contribution in [0.25, 0.3) is 0 Å². The maximum absolute atomic E-state index is 12.3. The second kappa shape index (κ2) is 18.9. The highest BCUT2D eigenvalue weighted by Gasteiger charge is 2.69. The van der Waals surface area contributed by atoms with E-state index in [1.807, 2.05) is 19.2 Å². The van der Waals surface area contributed by atoms with E-state index in [0.717, 1.165) is 94.1 Å². The predicted octanol–water partition coefficient (Wildman–Crippen LogP) is 10.4. The summed E-state index contributed by atoms with van der Waals surface area (Å²) in [5, 5.41) is 28.1. The molecule has 2 heterocycles. The minimum absolute atomic E-state index is 0.126. The summed E-state index contributed by atoms with van der Waals surface area (Å²) in [4.78, 5) is 46.2. The zero-order valence-electron chi connectivity index (χ0n) is 41.5. The Labute approximate surface area is 402 Å². The van der Waals surface area contributed by atoms with Gasteiger partial charge in [0.05, 0.1) is 37.9 Å². The number of nitrogens with zero attached hydrogens (tertiary/aromatic N) is 1. The fraction of sp³-hybridized carbons (Fsp3) is 0.778. The van der Waals surface area contributed by atoms with Crippen molar-refractivity contribution in [1.29, 1.82) is 0 Å². The minimum Gasteiger partial charge on any atom is -0.457 e. The van der Waals surface area contributed by atoms with Crippen molar-refractivity contribution in [2.75, 3.05) is 28.3 Å². The van der Waals surface area contributed by atoms with Crippen LogP contribution in [0.1, 0.15) is 166 Å². The molecular formula is C54H79ClN2O10. The van der Waals surface area contributed by atoms with Crippen molar-refractivity contribution in [3.8, 4) is 0 Å². The quantitative estimate of drug-likeness (QED) is 0.249. The van der Waals surface area contributed by atoms with Crippen LogP contribution in [-0.4, -0.2) is 78.2 Å². The summed E-state index contributed by atoms with van der Waals surface area (Å²) >= 11 is 4.60. The summed E-state index contributed by atoms with van der Waals surface area (Å²) in [6.45, 7) is 9.61. The van der Waals surface area contributed by atoms with Crippen LogP contribution < -0.4 is 16.6 Å². The molecule has 2 unspecified atom stereocenters. The van der Waals surface area contributed by atoms with Crippen molar-refractivity contribution in [2.45, 2.75) is 178 Å². The molecule has 8 saturated carbocycles. The highest BCUT2D eigenvalue weighted by atomic mass is 35.5. The Bertz CT molecular complexity index is 2190. The van der Waals surface area contributed by atoms with E-state index in [0.29, 0.717) is 41.0 Å². The van der Waals surface area contributed by atoms with Gasteiger partial charge in [-0.2, -0.15) is 0 Å². The molecule has 0 radical (unpaired) electrons. The molecule has 2 aromatic heterocycles. The van der Waals surface area contributed by atoms with Crippen LogP contribution in [0, 0.1) is 57.2 Å². The van der Waals surface area contributed by atoms with Gasteiger partial charge in [-0.05, 0) is 204 Å². The van der Waals surface area contributed by atoms with Crippen LogP contribution in [0.15, 0.2) is 55.2 Å². The average Bonchev–Trinajstić information content (AvgIpc) is 3.77. The topological polar surface area (TPSA) is 169 Å². The van der Waals surface area contributed by atoms with Crippen LogP contribution in [0.2, 0.25) is 0 Å². The van der Waals surface area contributed by atoms with Gasteiger partial charge < -0.3 is 38.7 Å². The van der Waals surface area contributed by atoms with Crippen molar-refractivity contribution in [1.82, 2.24) is 10.2 Å². The normalized spacial score (nSPS) is 43.6. The molecule has 372 valence electrons. The number of ether oxygens (including phenoxy) is 2. The van der Waals surface area contributed by atoms with Gasteiger partial charge in [-0.1, -0.05) is 27.7 Å². The number of amides is 1. The first-order chi connectivity index (χ1) is 31.7. The molecule has 0 aromatic carbocycles. The molecule has 0 saturated heterocycles. The molecular weight excluding hydrogens is 872 g/mol. The molecule has 0 bridgehead atoms. The number of rotatable bonds is 4. The van der Waals surface area contributed by atoms with E-state index in [-0.39, 0.29) is 51.5 Å². The number of carbonyl (C=O) groups is 2. The first kappa shape index (κ1) is 50.2. The number of hydrogen-bond donors (Lipinski definition) is 3. The molecule has 8 aliphatic rings. The van der Waals surface area contributed by atoms with Gasteiger partial charge in [0.15, 0.2) is 0 Å². The van der Waals surface area contributed by atoms with Crippen LogP contribution in [0.3, 0.4) is 0 Å². The number of carbonyl (C=O) groups excluding carboxylic acids is 2. The molecule has 13 heteroatoms. The van der Waals surface area contributed by atoms with Gasteiger partial charge in [0.1, 0.15) is 0 Å². The average molecular weight is 952 g/mol. The Morgan fingerprint density at radius 2 is 1.10 bits per heavy atom. The van der Waals surface area contributed by atoms with Crippen molar-refractivity contribution >= 4 is 23.1 Å². The Balaban J connectivity index is 0.000000166. The van der Waals surface area contributed by atoms with Crippen molar-refractivity contribution in [3.63, 3.8) is 0 Å². The third-order valence-corrected chi connectivity index (χ3v) is 21.7. The minimum atomic E-state index is -0.773. The fourth-order valence-corrected chi connectivity index (χ4v) is 17.5. The number of fused-ring (bicyclic) bond motifs is 10. The standard InChI is InChI=1S/C27H39NO5.C25H37NO3.C2H3ClO2/c1-25-12-9-19(28(3)24(30)32-4)15-18(25)6-7-22-21(25)10-13-26(2)20(11-14-27(22,26)31)17-5-8-23(29)33-16-17;1-23-11-8-18(26-3)14-17(23)5-6-21-20(23)9-12-24(2)19(10-13-25(21,24)28)16-4-7-22(27)29-15-16;1-5-2(3)4/h5,8,16,18-22,31H,6-7,9-15H2,1-4H3;4,7,15,17-21,26,28H,5-6,8-14H2,1-3H3;1H3/t18-,19?,20-,21+,22-,25+,26-,27+;17-,18?,19-,20+,21-,23+,24-,25+;/m11./s1. The van der Waals surface area contributed by atoms with Gasteiger partial charge in [0, 0.05) is 53.7 Å². The lowest BCUT2D eigenvalue weighted by Gasteiger charge is -2.64. The molecule has 3 N–H and O–H groups in total. The molecule has 0 spiro atoms. The third-order valence-electron chi connectivity index (χ3n) is 21.5. The largest absolute Gasteiger partial charge is 0.457 e. The predicted molar refractivity (Wildman–Crippen MR) is 257 cm³/mol. The molecule has 0 aliphatic heterocycles. The monoisotopic (exact) mass is 951 g/mol. The number of methoxy groups -OCH3 is 2. The molecule has 8 aliphatic carbocycles. The third kappa shape index (κ3) is 8.35. The van der Waals surface area contributed by atoms with E-state index in [1.165, 1.54) is 64.9 Å². The van der Waals surface area contributed by atoms with Crippen molar-refractivity contribution in [3.05, 3.63) is 68.8 Å². The molecule has 12 nitrogen and oxygen atoms in total. The lowest BCUT2D eigenvalue weighted by molar-refractivity contribution is -0.203. The van der Waals surface area contributed by atoms with Crippen LogP contribution >= 0.6 is 11.6 Å². The van der Waals surface area contributed by atoms with E-state index in [1.54, 1.807) is 17.4 Å². The fourth-order valence-electron chi connectivity index (χ4n) is 17.5. The molecule has 67 heavy (non-hydrogen) atoms. The highest BCUT2D eigenvalue weighted by Crippen LogP contribution is 2.72. The van der Waals surface area contributed by atoms with E-state index in [2.05, 4.69) is 56.4 Å². The SMILES string of the molecule is CNC1CC[C@@]2(C)[C@H](CC[C@@H]3[C@@H]2CC[C@]2(C)[C@@H](c4ccc(=O)oc4)CC[C@]32O)C1.COC(=O)Cl.COC(=O)N(C)C1CC[C@@]2(C)[C@H](CC[C@@H]3[C@@H]2CC[C@]2(C)[C@@H](c4ccc(=O)oc4)CC[C@]32O)C1. The smallest absolute Gasteiger partial charge is 0.409 e. The molecule has 1 amide bonds. The zero-order valence-corrected chi connectivity index (χ0v) is 42.2. The number of aliphatic hydroxyl groups is 2. The Kier molecular flexibility index (Phi) is 14.1. The first-order valence-electron chi connectivity index (χ1n) is 25.6. The van der Waals surface area contributed by atoms with Gasteiger partial charge in [-0.25, -0.2) is 19.2 Å². The lowest BCUT2D eigenvalue weighted by atomic mass is 9.43. The second-order valence-corrected chi connectivity index (χ2v) is 23.7. The zero-order chi connectivity index (χ0) is 48.3. The summed E-state index contributed by atoms with van der Waals surface area (Å²) in [7, 11) is 6.64. The lowest BCUT2D eigenvalue weighted by Crippen LogP contribution is -2.62. The molecule has 8 fully saturated rings. The Morgan fingerprint density at radius 1 is 0.642 bits per heavy atom. The highest BCUT2D eigenvalue weighted by molar-refractivity contribution is 6.61. The number of halogens is 1. The van der Waals surface area contributed by atoms with E-state index in [4.69, 9.17) is 13.6 Å². The van der Waals surface area contributed by atoms with Gasteiger partial charge in [-0.15, -0.1) is 0 Å². The summed E-state index contributed by atoms with van der Waals surface area (Å²) in [5.74, 6) is 3.77. The summed E-state index contributed by atoms with van der Waals surface area (Å²) in [6.07, 6.45) is 22.7. The van der Waals surface area contributed by atoms with E-state index < -0.39 is 16.6 Å². The second-order valence-electron chi connectivity index (χ2n) is 23.4. The van der Waals surface area contributed by atoms with Gasteiger partial charge in [-0.3, -0.25) is 0 Å². The Morgan fingerprint density at radius 3 is 1.52 bits per heavy atom. The van der Waals surface area contributed by atoms with E-state index in [9.17, 15) is 29.4 Å². The maximum Gasteiger partial charge on any atom is 0.409 e. The summed E-state index contributed by atoms with van der Waals surface area (Å²) < 4.78 is 19.2. The van der Waals surface area contributed by atoms with Gasteiger partial charge >= 0.3 is 22.8 Å². The first-order valence-corrected chi connectivity index (χ1v) is 25.9. The van der Waals surface area contributed by atoms with Crippen LogP contribution in [-0.2, 0) is 9.47 Å². The van der Waals surface area contributed by atoms with E-state index >= 15 is 0 Å². The van der Waals surface area contributed by atoms with Gasteiger partial charge in [0.25, 0.3) is 0 Å². The van der Waals surface area contributed by atoms with Crippen molar-refractivity contribution < 1.29 is 38.1 Å². The van der Waals surface area contributed by atoms with Gasteiger partial charge in [0.2, 0.25) is 0 Å². The maximum atomic E-state index is 12.3. The molecule has 2 aromatic rings. The summed E-state index contributed by atoms with van der Waals surface area (Å²) in [6, 6.07) is 7.79. The Hall–Kier alpha value is -3.19. The number of hydrogen-bond acceptors (Lipinski definition) is 11. The summed E-state index contributed by atoms with van der Waals surface area (Å²) in [5.41, 5.74) is -0.234. The molecule has 16 atom stereocenters. The molecule has 10 rings (SSSR count). The van der Waals surface area contributed by atoms with Crippen LogP contribution in [0.5, 0.6) is 0 Å².